The summed E-state index contributed by atoms with van der Waals surface area (Å²) < 4.78 is 0. The van der Waals surface area contributed by atoms with Crippen molar-refractivity contribution in [3.63, 3.8) is 0 Å². The number of carbonyl (C=O) groups is 3. The molecule has 1 aliphatic heterocycles. The van der Waals surface area contributed by atoms with Gasteiger partial charge in [-0.2, -0.15) is 0 Å². The monoisotopic (exact) mass is 602 g/mol. The van der Waals surface area contributed by atoms with E-state index in [0.29, 0.717) is 48.0 Å². The van der Waals surface area contributed by atoms with Crippen LogP contribution in [0.25, 0.3) is 10.9 Å². The molecule has 3 aromatic carbocycles. The average molecular weight is 604 g/mol. The van der Waals surface area contributed by atoms with E-state index < -0.39 is 5.91 Å². The van der Waals surface area contributed by atoms with Crippen molar-refractivity contribution in [3.05, 3.63) is 112 Å². The fraction of sp³-hybridized carbons (Fsp3) is 0.273. The predicted octanol–water partition coefficient (Wildman–Crippen LogP) is 6.05. The molecule has 3 amide bonds. The number of rotatable bonds is 9. The van der Waals surface area contributed by atoms with Gasteiger partial charge in [0.25, 0.3) is 5.91 Å². The minimum atomic E-state index is -0.514. The molecule has 0 bridgehead atoms. The van der Waals surface area contributed by atoms with Crippen LogP contribution >= 0.6 is 23.2 Å². The lowest BCUT2D eigenvalue weighted by atomic mass is 9.90. The van der Waals surface area contributed by atoms with Crippen LogP contribution in [0.1, 0.15) is 47.2 Å². The molecule has 4 aromatic rings. The lowest BCUT2D eigenvalue weighted by Crippen LogP contribution is -2.54. The zero-order valence-corrected chi connectivity index (χ0v) is 24.6. The van der Waals surface area contributed by atoms with Crippen molar-refractivity contribution in [1.29, 1.82) is 0 Å². The zero-order valence-electron chi connectivity index (χ0n) is 23.1. The summed E-state index contributed by atoms with van der Waals surface area (Å²) in [7, 11) is 0. The molecule has 7 nitrogen and oxygen atoms in total. The number of pyridine rings is 1. The quantitative estimate of drug-likeness (QED) is 0.252. The number of halogens is 2. The van der Waals surface area contributed by atoms with Gasteiger partial charge < -0.3 is 15.5 Å². The van der Waals surface area contributed by atoms with Gasteiger partial charge in [0.2, 0.25) is 11.8 Å². The Hall–Kier alpha value is -3.94. The van der Waals surface area contributed by atoms with Crippen molar-refractivity contribution >= 4 is 51.8 Å². The number of piperidine rings is 1. The van der Waals surface area contributed by atoms with Crippen molar-refractivity contribution in [2.45, 2.75) is 50.7 Å². The van der Waals surface area contributed by atoms with E-state index in [0.717, 1.165) is 22.0 Å². The molecular formula is C33H32Cl2N4O3. The Morgan fingerprint density at radius 2 is 1.64 bits per heavy atom. The largest absolute Gasteiger partial charge is 0.370 e. The fourth-order valence-corrected chi connectivity index (χ4v) is 6.30. The van der Waals surface area contributed by atoms with Crippen LogP contribution in [-0.4, -0.2) is 51.1 Å². The fourth-order valence-electron chi connectivity index (χ4n) is 5.77. The first-order chi connectivity index (χ1) is 20.3. The number of hydrogen-bond acceptors (Lipinski definition) is 4. The minimum absolute atomic E-state index is 0.0211. The van der Waals surface area contributed by atoms with Gasteiger partial charge in [0, 0.05) is 65.2 Å². The third-order valence-electron chi connectivity index (χ3n) is 7.80. The summed E-state index contributed by atoms with van der Waals surface area (Å²) in [6.07, 6.45) is 3.53. The van der Waals surface area contributed by atoms with E-state index in [9.17, 15) is 14.4 Å². The number of fused-ring (bicyclic) bond motifs is 1. The highest BCUT2D eigenvalue weighted by Gasteiger charge is 2.36. The van der Waals surface area contributed by atoms with Crippen LogP contribution in [0.15, 0.2) is 85.1 Å². The number of aromatic nitrogens is 1. The van der Waals surface area contributed by atoms with Crippen LogP contribution in [0, 0.1) is 0 Å². The maximum atomic E-state index is 13.8. The zero-order chi connectivity index (χ0) is 29.6. The number of carbonyl (C=O) groups excluding carboxylic acids is 3. The van der Waals surface area contributed by atoms with Crippen molar-refractivity contribution < 1.29 is 14.4 Å². The molecule has 0 radical (unpaired) electrons. The number of benzene rings is 3. The first-order valence-corrected chi connectivity index (χ1v) is 14.8. The molecule has 1 saturated heterocycles. The third kappa shape index (κ3) is 7.09. The number of hydrogen-bond donors (Lipinski definition) is 1. The third-order valence-corrected chi connectivity index (χ3v) is 8.24. The number of likely N-dealkylation sites (tertiary alicyclic amines) is 1. The lowest BCUT2D eigenvalue weighted by molar-refractivity contribution is -0.137. The Morgan fingerprint density at radius 3 is 2.38 bits per heavy atom. The molecular weight excluding hydrogens is 571 g/mol. The summed E-state index contributed by atoms with van der Waals surface area (Å²) in [5.74, 6) is -0.801. The van der Waals surface area contributed by atoms with E-state index in [1.807, 2.05) is 70.5 Å². The van der Waals surface area contributed by atoms with Gasteiger partial charge in [0.05, 0.1) is 5.52 Å². The van der Waals surface area contributed by atoms with E-state index in [1.165, 1.54) is 0 Å². The van der Waals surface area contributed by atoms with Gasteiger partial charge in [-0.05, 0) is 60.7 Å². The first kappa shape index (κ1) is 29.5. The molecule has 42 heavy (non-hydrogen) atoms. The second-order valence-corrected chi connectivity index (χ2v) is 11.5. The second kappa shape index (κ2) is 13.4. The van der Waals surface area contributed by atoms with Gasteiger partial charge in [0.15, 0.2) is 0 Å². The molecule has 2 heterocycles. The number of nitrogens with zero attached hydrogens (tertiary/aromatic N) is 3. The Bertz CT molecular complexity index is 1570. The summed E-state index contributed by atoms with van der Waals surface area (Å²) in [4.78, 5) is 47.2. The molecule has 9 heteroatoms. The van der Waals surface area contributed by atoms with Crippen LogP contribution in [0.4, 0.5) is 0 Å². The van der Waals surface area contributed by atoms with Crippen LogP contribution < -0.4 is 5.73 Å². The summed E-state index contributed by atoms with van der Waals surface area (Å²) in [6, 6.07) is 24.3. The summed E-state index contributed by atoms with van der Waals surface area (Å²) in [5.41, 5.74) is 8.75. The summed E-state index contributed by atoms with van der Waals surface area (Å²) in [5, 5.41) is 1.77. The summed E-state index contributed by atoms with van der Waals surface area (Å²) >= 11 is 12.5. The van der Waals surface area contributed by atoms with Gasteiger partial charge in [-0.15, -0.1) is 0 Å². The number of primary amides is 1. The van der Waals surface area contributed by atoms with Gasteiger partial charge in [0.1, 0.15) is 0 Å². The second-order valence-electron chi connectivity index (χ2n) is 10.7. The molecule has 1 fully saturated rings. The number of amides is 3. The number of para-hydroxylation sites is 1. The Balaban J connectivity index is 1.46. The van der Waals surface area contributed by atoms with Crippen LogP contribution in [0.2, 0.25) is 10.0 Å². The maximum Gasteiger partial charge on any atom is 0.254 e. The molecule has 5 rings (SSSR count). The van der Waals surface area contributed by atoms with E-state index in [1.54, 1.807) is 24.4 Å². The first-order valence-electron chi connectivity index (χ1n) is 14.0. The van der Waals surface area contributed by atoms with E-state index >= 15 is 0 Å². The van der Waals surface area contributed by atoms with Crippen LogP contribution in [-0.2, 0) is 22.6 Å². The smallest absolute Gasteiger partial charge is 0.254 e. The van der Waals surface area contributed by atoms with Crippen molar-refractivity contribution in [2.75, 3.05) is 6.54 Å². The normalized spacial score (nSPS) is 16.8. The van der Waals surface area contributed by atoms with Gasteiger partial charge in [-0.1, -0.05) is 71.7 Å². The van der Waals surface area contributed by atoms with Crippen LogP contribution in [0.3, 0.4) is 0 Å². The lowest BCUT2D eigenvalue weighted by Gasteiger charge is -2.44. The van der Waals surface area contributed by atoms with E-state index in [2.05, 4.69) is 4.98 Å². The van der Waals surface area contributed by atoms with Crippen LogP contribution in [0.5, 0.6) is 0 Å². The highest BCUT2D eigenvalue weighted by Crippen LogP contribution is 2.30. The molecule has 216 valence electrons. The standard InChI is InChI=1S/C33H32Cl2N4O3/c34-25-17-24(18-26(35)19-25)33(42)38-15-13-27(20-28(38)16-22-6-2-1-3-7-22)39(32(41)11-10-31(36)40)21-23-12-14-37-30-9-5-4-8-29(23)30/h1-9,12,14,17-19,27-28H,10-11,13,15-16,20-21H2,(H2,36,40)/t27-,28+/m0/s1. The van der Waals surface area contributed by atoms with Crippen molar-refractivity contribution in [3.8, 4) is 0 Å². The maximum absolute atomic E-state index is 13.8. The highest BCUT2D eigenvalue weighted by molar-refractivity contribution is 6.35. The molecule has 2 N–H and O–H groups in total. The highest BCUT2D eigenvalue weighted by atomic mass is 35.5. The predicted molar refractivity (Wildman–Crippen MR) is 165 cm³/mol. The molecule has 2 atom stereocenters. The Labute approximate surface area is 255 Å². The van der Waals surface area contributed by atoms with E-state index in [-0.39, 0.29) is 36.7 Å². The van der Waals surface area contributed by atoms with Gasteiger partial charge in [-0.3, -0.25) is 19.4 Å². The number of nitrogens with two attached hydrogens (primary N) is 1. The average Bonchev–Trinajstić information content (AvgIpc) is 2.98. The molecule has 0 aliphatic carbocycles. The Kier molecular flexibility index (Phi) is 9.40. The minimum Gasteiger partial charge on any atom is -0.370 e. The van der Waals surface area contributed by atoms with Crippen molar-refractivity contribution in [1.82, 2.24) is 14.8 Å². The Morgan fingerprint density at radius 1 is 0.929 bits per heavy atom. The molecule has 0 unspecified atom stereocenters. The van der Waals surface area contributed by atoms with E-state index in [4.69, 9.17) is 28.9 Å². The molecule has 0 spiro atoms. The topological polar surface area (TPSA) is 96.6 Å². The summed E-state index contributed by atoms with van der Waals surface area (Å²) in [6.45, 7) is 0.809. The molecule has 0 saturated carbocycles. The molecule has 1 aromatic heterocycles. The van der Waals surface area contributed by atoms with Crippen molar-refractivity contribution in [2.24, 2.45) is 5.73 Å². The SMILES string of the molecule is NC(=O)CCC(=O)N(Cc1ccnc2ccccc12)[C@H]1CCN(C(=O)c2cc(Cl)cc(Cl)c2)[C@H](Cc2ccccc2)C1. The van der Waals surface area contributed by atoms with Gasteiger partial charge >= 0.3 is 0 Å². The van der Waals surface area contributed by atoms with Gasteiger partial charge in [-0.25, -0.2) is 0 Å². The molecule has 1 aliphatic rings.